The van der Waals surface area contributed by atoms with Crippen molar-refractivity contribution >= 4 is 5.91 Å². The van der Waals surface area contributed by atoms with Crippen molar-refractivity contribution in [1.29, 1.82) is 0 Å². The first-order valence-corrected chi connectivity index (χ1v) is 21.8. The van der Waals surface area contributed by atoms with Gasteiger partial charge in [-0.15, -0.1) is 0 Å². The number of phenols is 2. The third-order valence-corrected chi connectivity index (χ3v) is 11.6. The third kappa shape index (κ3) is 14.0. The van der Waals surface area contributed by atoms with E-state index in [-0.39, 0.29) is 66.7 Å². The summed E-state index contributed by atoms with van der Waals surface area (Å²) in [6.07, 6.45) is 6.55. The van der Waals surface area contributed by atoms with Crippen molar-refractivity contribution < 1.29 is 53.6 Å². The van der Waals surface area contributed by atoms with Crippen molar-refractivity contribution in [2.45, 2.75) is 171 Å². The summed E-state index contributed by atoms with van der Waals surface area (Å²) in [5.41, 5.74) is 1.77. The normalized spacial score (nSPS) is 28.4. The van der Waals surface area contributed by atoms with Gasteiger partial charge < -0.3 is 54.2 Å². The molecule has 1 amide bonds. The van der Waals surface area contributed by atoms with Crippen molar-refractivity contribution in [1.82, 2.24) is 5.32 Å². The Morgan fingerprint density at radius 3 is 1.68 bits per heavy atom. The van der Waals surface area contributed by atoms with E-state index in [0.717, 1.165) is 57.8 Å². The zero-order chi connectivity index (χ0) is 41.6. The summed E-state index contributed by atoms with van der Waals surface area (Å²) in [5.74, 6) is 0.0773. The zero-order valence-corrected chi connectivity index (χ0v) is 34.6. The Morgan fingerprint density at radius 1 is 0.627 bits per heavy atom. The number of para-hydroxylation sites is 2. The predicted molar refractivity (Wildman–Crippen MR) is 221 cm³/mol. The Morgan fingerprint density at radius 2 is 1.10 bits per heavy atom. The number of amides is 1. The van der Waals surface area contributed by atoms with Crippen LogP contribution >= 0.6 is 0 Å². The van der Waals surface area contributed by atoms with Crippen LogP contribution in [-0.2, 0) is 28.4 Å². The van der Waals surface area contributed by atoms with Gasteiger partial charge in [0.25, 0.3) is 5.91 Å². The van der Waals surface area contributed by atoms with Gasteiger partial charge in [0.05, 0.1) is 55.4 Å². The van der Waals surface area contributed by atoms with Crippen LogP contribution in [0.3, 0.4) is 0 Å². The van der Waals surface area contributed by atoms with Crippen LogP contribution in [0.2, 0.25) is 0 Å². The quantitative estimate of drug-likeness (QED) is 0.0748. The number of rotatable bonds is 20. The van der Waals surface area contributed by atoms with E-state index in [4.69, 9.17) is 28.4 Å². The minimum absolute atomic E-state index is 0.0308. The van der Waals surface area contributed by atoms with Gasteiger partial charge in [-0.1, -0.05) is 61.5 Å². The largest absolute Gasteiger partial charge is 0.507 e. The number of hydrogen-bond donors (Lipinski definition) is 5. The fraction of sp³-hybridized carbons (Fsp3) is 0.596. The number of aliphatic hydroxyl groups is 2. The van der Waals surface area contributed by atoms with Crippen LogP contribution in [-0.4, -0.2) is 88.0 Å². The lowest BCUT2D eigenvalue weighted by Crippen LogP contribution is -2.44. The minimum atomic E-state index is -0.762. The maximum absolute atomic E-state index is 12.7. The number of aromatic hydroxyl groups is 2. The lowest BCUT2D eigenvalue weighted by Gasteiger charge is -2.38. The molecule has 3 saturated heterocycles. The lowest BCUT2D eigenvalue weighted by molar-refractivity contribution is -0.257. The Hall–Kier alpha value is -3.59. The molecule has 11 atom stereocenters. The number of ether oxygens (including phenoxy) is 6. The van der Waals surface area contributed by atoms with Crippen LogP contribution in [0.25, 0.3) is 0 Å². The summed E-state index contributed by atoms with van der Waals surface area (Å²) < 4.78 is 38.0. The molecule has 3 aliphatic rings. The summed E-state index contributed by atoms with van der Waals surface area (Å²) in [7, 11) is 0. The van der Waals surface area contributed by atoms with Gasteiger partial charge in [-0.25, -0.2) is 0 Å². The molecule has 10 unspecified atom stereocenters. The van der Waals surface area contributed by atoms with Gasteiger partial charge in [0.1, 0.15) is 11.5 Å². The average Bonchev–Trinajstić information content (AvgIpc) is 3.23. The number of carbonyl (C=O) groups excluding carboxylic acids is 1. The maximum atomic E-state index is 12.7. The number of carbonyl (C=O) groups is 1. The van der Waals surface area contributed by atoms with E-state index in [1.807, 2.05) is 42.5 Å². The highest BCUT2D eigenvalue weighted by atomic mass is 16.7. The molecule has 3 heterocycles. The molecule has 6 rings (SSSR count). The second-order valence-electron chi connectivity index (χ2n) is 16.5. The van der Waals surface area contributed by atoms with Crippen LogP contribution < -0.4 is 5.32 Å². The molecule has 0 bridgehead atoms. The van der Waals surface area contributed by atoms with Crippen molar-refractivity contribution in [3.63, 3.8) is 0 Å². The molecule has 0 aromatic heterocycles. The second kappa shape index (κ2) is 22.9. The van der Waals surface area contributed by atoms with E-state index in [1.54, 1.807) is 43.3 Å². The van der Waals surface area contributed by atoms with Crippen LogP contribution in [0.5, 0.6) is 11.5 Å². The van der Waals surface area contributed by atoms with E-state index in [2.05, 4.69) is 12.2 Å². The van der Waals surface area contributed by atoms with Crippen molar-refractivity contribution in [2.75, 3.05) is 6.54 Å². The van der Waals surface area contributed by atoms with Gasteiger partial charge in [-0.2, -0.15) is 0 Å². The molecule has 5 N–H and O–H groups in total. The molecule has 324 valence electrons. The van der Waals surface area contributed by atoms with Crippen molar-refractivity contribution in [3.8, 4) is 11.5 Å². The van der Waals surface area contributed by atoms with Crippen LogP contribution in [0.1, 0.15) is 138 Å². The molecule has 0 aliphatic carbocycles. The van der Waals surface area contributed by atoms with Gasteiger partial charge in [-0.05, 0) is 102 Å². The standard InChI is InChI=1S/C47H65NO11/c1-3-34-27-37(57-46(56-34)40-22-7-9-24-42(40)51)20-13-21-38-29-39(59-47(58-38)41-23-8-10-25-43(41)52)26-33(50)17-12-19-36-28-35(18-11-14-31(2)49)54-44(55-36)30-48-45(53)32-15-5-4-6-16-32/h4-10,15-16,22-25,31,33-39,44,46-47,49-52H,3,11-14,17-21,26-30H2,1-2H3,(H,48,53)/t31-,33?,34?,35?,36?,37?,38?,39?,44?,46?,47?/m0/s1. The second-order valence-corrected chi connectivity index (χ2v) is 16.5. The van der Waals surface area contributed by atoms with Crippen molar-refractivity contribution in [3.05, 3.63) is 95.6 Å². The number of aliphatic hydroxyl groups excluding tert-OH is 2. The van der Waals surface area contributed by atoms with Gasteiger partial charge in [0, 0.05) is 36.0 Å². The fourth-order valence-electron chi connectivity index (χ4n) is 8.44. The molecule has 0 spiro atoms. The molecular formula is C47H65NO11. The summed E-state index contributed by atoms with van der Waals surface area (Å²) >= 11 is 0. The summed E-state index contributed by atoms with van der Waals surface area (Å²) in [5, 5.41) is 45.2. The van der Waals surface area contributed by atoms with E-state index in [9.17, 15) is 25.2 Å². The highest BCUT2D eigenvalue weighted by Crippen LogP contribution is 2.39. The fourth-order valence-corrected chi connectivity index (χ4v) is 8.44. The number of benzene rings is 3. The average molecular weight is 820 g/mol. The predicted octanol–water partition coefficient (Wildman–Crippen LogP) is 8.13. The highest BCUT2D eigenvalue weighted by Gasteiger charge is 2.36. The number of phenolic OH excluding ortho intramolecular Hbond substituents is 2. The van der Waals surface area contributed by atoms with Gasteiger partial charge in [-0.3, -0.25) is 4.79 Å². The van der Waals surface area contributed by atoms with E-state index >= 15 is 0 Å². The number of nitrogens with one attached hydrogen (secondary N) is 1. The highest BCUT2D eigenvalue weighted by molar-refractivity contribution is 5.94. The molecule has 59 heavy (non-hydrogen) atoms. The maximum Gasteiger partial charge on any atom is 0.251 e. The molecule has 0 radical (unpaired) electrons. The minimum Gasteiger partial charge on any atom is -0.507 e. The smallest absolute Gasteiger partial charge is 0.251 e. The molecule has 3 fully saturated rings. The van der Waals surface area contributed by atoms with Crippen LogP contribution in [0, 0.1) is 0 Å². The summed E-state index contributed by atoms with van der Waals surface area (Å²) in [6, 6.07) is 23.2. The molecular weight excluding hydrogens is 755 g/mol. The first-order valence-electron chi connectivity index (χ1n) is 21.8. The Balaban J connectivity index is 1.00. The topological polar surface area (TPSA) is 165 Å². The molecule has 3 aliphatic heterocycles. The molecule has 3 aromatic rings. The first-order chi connectivity index (χ1) is 28.6. The van der Waals surface area contributed by atoms with Crippen molar-refractivity contribution in [2.24, 2.45) is 0 Å². The SMILES string of the molecule is CCC1CC(CCCC2CC(CC(O)CCCC3CC(CCC[C@H](C)O)OC(CNC(=O)c4ccccc4)O3)OC(c3ccccc3O)O2)OC(c2ccccc2O)O1. The molecule has 3 aromatic carbocycles. The Labute approximate surface area is 349 Å². The first kappa shape index (κ1) is 44.9. The molecule has 0 saturated carbocycles. The van der Waals surface area contributed by atoms with E-state index < -0.39 is 25.0 Å². The van der Waals surface area contributed by atoms with Gasteiger partial charge >= 0.3 is 0 Å². The third-order valence-electron chi connectivity index (χ3n) is 11.6. The number of hydrogen-bond acceptors (Lipinski definition) is 11. The molecule has 12 nitrogen and oxygen atoms in total. The lowest BCUT2D eigenvalue weighted by atomic mass is 9.95. The van der Waals surface area contributed by atoms with Crippen LogP contribution in [0.4, 0.5) is 0 Å². The summed E-state index contributed by atoms with van der Waals surface area (Å²) in [4.78, 5) is 12.7. The summed E-state index contributed by atoms with van der Waals surface area (Å²) in [6.45, 7) is 4.11. The Kier molecular flexibility index (Phi) is 17.4. The molecule has 12 heteroatoms. The van der Waals surface area contributed by atoms with Gasteiger partial charge in [0.2, 0.25) is 0 Å². The van der Waals surface area contributed by atoms with E-state index in [1.165, 1.54) is 0 Å². The van der Waals surface area contributed by atoms with E-state index in [0.29, 0.717) is 48.8 Å². The zero-order valence-electron chi connectivity index (χ0n) is 34.6. The van der Waals surface area contributed by atoms with Crippen LogP contribution in [0.15, 0.2) is 78.9 Å². The van der Waals surface area contributed by atoms with Gasteiger partial charge in [0.15, 0.2) is 18.9 Å². The monoisotopic (exact) mass is 819 g/mol. The Bertz CT molecular complexity index is 1690.